The van der Waals surface area contributed by atoms with Crippen molar-refractivity contribution in [1.29, 1.82) is 0 Å². The molecule has 0 aliphatic heterocycles. The minimum atomic E-state index is -0.658. The van der Waals surface area contributed by atoms with E-state index in [1.165, 1.54) is 30.5 Å². The number of pyridine rings is 1. The molecule has 38 heavy (non-hydrogen) atoms. The third-order valence-electron chi connectivity index (χ3n) is 4.98. The molecule has 0 radical (unpaired) electrons. The van der Waals surface area contributed by atoms with Gasteiger partial charge in [0.1, 0.15) is 23.0 Å². The monoisotopic (exact) mass is 533 g/mol. The molecule has 0 unspecified atom stereocenters. The zero-order valence-electron chi connectivity index (χ0n) is 19.7. The molecule has 192 valence electrons. The summed E-state index contributed by atoms with van der Waals surface area (Å²) in [7, 11) is 0. The number of aromatic nitrogens is 1. The van der Waals surface area contributed by atoms with E-state index < -0.39 is 23.7 Å². The average molecular weight is 534 g/mol. The van der Waals surface area contributed by atoms with Gasteiger partial charge in [0, 0.05) is 28.7 Å². The number of hydrazine groups is 1. The van der Waals surface area contributed by atoms with E-state index in [9.17, 15) is 18.8 Å². The molecule has 3 aromatic carbocycles. The molecule has 11 heteroatoms. The summed E-state index contributed by atoms with van der Waals surface area (Å²) < 4.78 is 19.0. The highest BCUT2D eigenvalue weighted by Crippen LogP contribution is 2.23. The number of nitrogens with one attached hydrogen (secondary N) is 4. The number of halogens is 2. The molecular formula is C27H21ClFN5O4. The van der Waals surface area contributed by atoms with Crippen LogP contribution in [0.15, 0.2) is 91.1 Å². The van der Waals surface area contributed by atoms with E-state index >= 15 is 0 Å². The molecule has 4 aromatic rings. The molecular weight excluding hydrogens is 513 g/mol. The summed E-state index contributed by atoms with van der Waals surface area (Å²) in [6, 6.07) is 21.5. The van der Waals surface area contributed by atoms with E-state index in [4.69, 9.17) is 16.3 Å². The van der Waals surface area contributed by atoms with E-state index in [0.29, 0.717) is 33.5 Å². The number of nitrogens with zero attached hydrogens (tertiary/aromatic N) is 1. The van der Waals surface area contributed by atoms with Crippen LogP contribution in [0.3, 0.4) is 0 Å². The van der Waals surface area contributed by atoms with Crippen molar-refractivity contribution in [2.75, 3.05) is 10.6 Å². The second-order valence-electron chi connectivity index (χ2n) is 7.90. The van der Waals surface area contributed by atoms with Crippen LogP contribution in [0, 0.1) is 5.82 Å². The predicted octanol–water partition coefficient (Wildman–Crippen LogP) is 5.31. The fourth-order valence-corrected chi connectivity index (χ4v) is 3.36. The van der Waals surface area contributed by atoms with Gasteiger partial charge in [0.05, 0.1) is 6.42 Å². The number of benzene rings is 3. The van der Waals surface area contributed by atoms with E-state index in [0.717, 1.165) is 0 Å². The van der Waals surface area contributed by atoms with Gasteiger partial charge in [0.15, 0.2) is 0 Å². The minimum absolute atomic E-state index is 0.00529. The maximum absolute atomic E-state index is 13.3. The first-order valence-electron chi connectivity index (χ1n) is 11.3. The Balaban J connectivity index is 1.28. The van der Waals surface area contributed by atoms with Crippen molar-refractivity contribution >= 4 is 40.8 Å². The Morgan fingerprint density at radius 2 is 1.50 bits per heavy atom. The van der Waals surface area contributed by atoms with Crippen LogP contribution in [0.4, 0.5) is 20.6 Å². The minimum Gasteiger partial charge on any atom is -0.457 e. The molecule has 9 nitrogen and oxygen atoms in total. The van der Waals surface area contributed by atoms with Crippen LogP contribution in [0.5, 0.6) is 11.5 Å². The van der Waals surface area contributed by atoms with Crippen molar-refractivity contribution in [2.45, 2.75) is 6.42 Å². The molecule has 4 amide bonds. The number of anilines is 2. The summed E-state index contributed by atoms with van der Waals surface area (Å²) in [6.45, 7) is 0. The van der Waals surface area contributed by atoms with Gasteiger partial charge in [-0.2, -0.15) is 0 Å². The lowest BCUT2D eigenvalue weighted by molar-refractivity contribution is -0.121. The summed E-state index contributed by atoms with van der Waals surface area (Å²) in [5, 5.41) is 5.97. The normalized spacial score (nSPS) is 10.3. The molecule has 0 bridgehead atoms. The van der Waals surface area contributed by atoms with Gasteiger partial charge < -0.3 is 15.4 Å². The van der Waals surface area contributed by atoms with Crippen molar-refractivity contribution in [3.05, 3.63) is 113 Å². The quantitative estimate of drug-likeness (QED) is 0.240. The lowest BCUT2D eigenvalue weighted by Crippen LogP contribution is -2.42. The Kier molecular flexibility index (Phi) is 8.47. The number of hydrogen-bond donors (Lipinski definition) is 4. The summed E-state index contributed by atoms with van der Waals surface area (Å²) in [4.78, 5) is 40.6. The van der Waals surface area contributed by atoms with Crippen LogP contribution in [0.1, 0.15) is 16.1 Å². The summed E-state index contributed by atoms with van der Waals surface area (Å²) in [5.74, 6) is -0.848. The van der Waals surface area contributed by atoms with E-state index in [-0.39, 0.29) is 12.1 Å². The van der Waals surface area contributed by atoms with Crippen molar-refractivity contribution in [3.8, 4) is 11.5 Å². The maximum atomic E-state index is 13.3. The van der Waals surface area contributed by atoms with Gasteiger partial charge in [0.2, 0.25) is 5.91 Å². The van der Waals surface area contributed by atoms with Gasteiger partial charge in [0.25, 0.3) is 5.91 Å². The molecule has 1 aromatic heterocycles. The Labute approximate surface area is 222 Å². The Bertz CT molecular complexity index is 1450. The summed E-state index contributed by atoms with van der Waals surface area (Å²) in [6.07, 6.45) is 1.28. The lowest BCUT2D eigenvalue weighted by Gasteiger charge is -2.10. The number of rotatable bonds is 7. The molecule has 0 spiro atoms. The first-order chi connectivity index (χ1) is 18.3. The van der Waals surface area contributed by atoms with Crippen molar-refractivity contribution < 1.29 is 23.5 Å². The zero-order valence-corrected chi connectivity index (χ0v) is 20.5. The van der Waals surface area contributed by atoms with Crippen molar-refractivity contribution in [2.24, 2.45) is 0 Å². The van der Waals surface area contributed by atoms with Gasteiger partial charge in [-0.05, 0) is 72.3 Å². The van der Waals surface area contributed by atoms with Gasteiger partial charge in [-0.1, -0.05) is 23.7 Å². The van der Waals surface area contributed by atoms with Crippen LogP contribution in [0.2, 0.25) is 5.02 Å². The largest absolute Gasteiger partial charge is 0.457 e. The molecule has 0 fully saturated rings. The van der Waals surface area contributed by atoms with Crippen molar-refractivity contribution in [3.63, 3.8) is 0 Å². The lowest BCUT2D eigenvalue weighted by atomic mass is 10.1. The molecule has 0 saturated carbocycles. The van der Waals surface area contributed by atoms with Crippen LogP contribution >= 0.6 is 11.6 Å². The van der Waals surface area contributed by atoms with Gasteiger partial charge in [-0.3, -0.25) is 25.4 Å². The molecule has 1 heterocycles. The zero-order chi connectivity index (χ0) is 26.9. The van der Waals surface area contributed by atoms with Crippen LogP contribution in [-0.2, 0) is 11.2 Å². The van der Waals surface area contributed by atoms with E-state index in [2.05, 4.69) is 26.5 Å². The van der Waals surface area contributed by atoms with Crippen LogP contribution in [-0.4, -0.2) is 22.8 Å². The highest BCUT2D eigenvalue weighted by atomic mass is 35.5. The fourth-order valence-electron chi connectivity index (χ4n) is 3.23. The fraction of sp³-hybridized carbons (Fsp3) is 0.0370. The number of carbonyl (C=O) groups is 3. The highest BCUT2D eigenvalue weighted by Gasteiger charge is 2.11. The Morgan fingerprint density at radius 3 is 2.18 bits per heavy atom. The SMILES string of the molecule is O=C(Cc1cccc(F)c1)NNC(=O)c1cc(Oc2ccc(NC(=O)Nc3ccc(Cl)cc3)cc2)ccn1. The third-order valence-corrected chi connectivity index (χ3v) is 5.24. The third kappa shape index (κ3) is 7.77. The maximum Gasteiger partial charge on any atom is 0.323 e. The van der Waals surface area contributed by atoms with Crippen molar-refractivity contribution in [1.82, 2.24) is 15.8 Å². The number of urea groups is 1. The molecule has 0 aliphatic carbocycles. The van der Waals surface area contributed by atoms with Gasteiger partial charge in [-0.15, -0.1) is 0 Å². The number of amides is 4. The van der Waals surface area contributed by atoms with Crippen LogP contribution < -0.4 is 26.2 Å². The Morgan fingerprint density at radius 1 is 0.816 bits per heavy atom. The van der Waals surface area contributed by atoms with Crippen LogP contribution in [0.25, 0.3) is 0 Å². The van der Waals surface area contributed by atoms with E-state index in [1.807, 2.05) is 0 Å². The predicted molar refractivity (Wildman–Crippen MR) is 141 cm³/mol. The smallest absolute Gasteiger partial charge is 0.323 e. The number of carbonyl (C=O) groups excluding carboxylic acids is 3. The number of ether oxygens (including phenoxy) is 1. The first-order valence-corrected chi connectivity index (χ1v) is 11.6. The molecule has 0 saturated heterocycles. The second kappa shape index (κ2) is 12.3. The second-order valence-corrected chi connectivity index (χ2v) is 8.33. The van der Waals surface area contributed by atoms with Gasteiger partial charge in [-0.25, -0.2) is 9.18 Å². The summed E-state index contributed by atoms with van der Waals surface area (Å²) in [5.41, 5.74) is 6.14. The number of hydrogen-bond acceptors (Lipinski definition) is 5. The van der Waals surface area contributed by atoms with Gasteiger partial charge >= 0.3 is 6.03 Å². The highest BCUT2D eigenvalue weighted by molar-refractivity contribution is 6.30. The first kappa shape index (κ1) is 26.1. The summed E-state index contributed by atoms with van der Waals surface area (Å²) >= 11 is 5.84. The van der Waals surface area contributed by atoms with E-state index in [1.54, 1.807) is 60.7 Å². The average Bonchev–Trinajstić information content (AvgIpc) is 2.90. The molecule has 0 aliphatic rings. The molecule has 4 rings (SSSR count). The standard InChI is InChI=1S/C27H21ClFN5O4/c28-18-4-6-20(7-5-18)31-27(37)32-21-8-10-22(11-9-21)38-23-12-13-30-24(16-23)26(36)34-33-25(35)15-17-2-1-3-19(29)14-17/h1-14,16H,15H2,(H,33,35)(H,34,36)(H2,31,32,37). The topological polar surface area (TPSA) is 121 Å². The molecule has 4 N–H and O–H groups in total. The Hall–Kier alpha value is -4.96. The molecule has 0 atom stereocenters.